The van der Waals surface area contributed by atoms with Crippen LogP contribution in [0, 0.1) is 6.92 Å². The number of nitrogens with one attached hydrogen (secondary N) is 1. The van der Waals surface area contributed by atoms with Gasteiger partial charge >= 0.3 is 12.4 Å². The predicted molar refractivity (Wildman–Crippen MR) is 159 cm³/mol. The fourth-order valence-electron chi connectivity index (χ4n) is 5.96. The molecule has 0 radical (unpaired) electrons. The number of hydrogen-bond donors (Lipinski definition) is 1. The number of rotatable bonds is 6. The summed E-state index contributed by atoms with van der Waals surface area (Å²) >= 11 is 0. The summed E-state index contributed by atoms with van der Waals surface area (Å²) in [6.45, 7) is 1.64. The number of amidine groups is 1. The molecular formula is C29H32F6N4O4S2. The number of amides is 2. The van der Waals surface area contributed by atoms with Gasteiger partial charge in [0.1, 0.15) is 17.4 Å². The van der Waals surface area contributed by atoms with Crippen molar-refractivity contribution in [2.75, 3.05) is 25.4 Å². The van der Waals surface area contributed by atoms with E-state index in [-0.39, 0.29) is 87.9 Å². The molecule has 0 unspecified atom stereocenters. The molecule has 0 saturated carbocycles. The Morgan fingerprint density at radius 3 is 2.36 bits per heavy atom. The van der Waals surface area contributed by atoms with Gasteiger partial charge < -0.3 is 10.2 Å². The van der Waals surface area contributed by atoms with Crippen LogP contribution in [0.25, 0.3) is 0 Å². The third kappa shape index (κ3) is 7.17. The van der Waals surface area contributed by atoms with Crippen LogP contribution in [0.3, 0.4) is 0 Å². The summed E-state index contributed by atoms with van der Waals surface area (Å²) in [6, 6.07) is 7.04. The van der Waals surface area contributed by atoms with Crippen molar-refractivity contribution in [2.45, 2.75) is 63.0 Å². The Hall–Kier alpha value is -3.11. The largest absolute Gasteiger partial charge is 0.416 e. The number of piperidine rings is 1. The lowest BCUT2D eigenvalue weighted by molar-refractivity contribution is -0.169. The first-order chi connectivity index (χ1) is 20.5. The van der Waals surface area contributed by atoms with Gasteiger partial charge in [-0.25, -0.2) is 12.7 Å². The van der Waals surface area contributed by atoms with Crippen molar-refractivity contribution in [3.8, 4) is 0 Å². The molecule has 1 atom stereocenters. The van der Waals surface area contributed by atoms with E-state index in [4.69, 9.17) is 0 Å². The maximum Gasteiger partial charge on any atom is 0.416 e. The number of carbonyl (C=O) groups is 2. The zero-order chi connectivity index (χ0) is 32.1. The maximum absolute atomic E-state index is 13.3. The monoisotopic (exact) mass is 678 g/mol. The van der Waals surface area contributed by atoms with Gasteiger partial charge in [-0.15, -0.1) is 0 Å². The topological polar surface area (TPSA) is 99.2 Å². The highest BCUT2D eigenvalue weighted by Crippen LogP contribution is 2.35. The van der Waals surface area contributed by atoms with Crippen LogP contribution < -0.4 is 5.32 Å². The average molecular weight is 679 g/mol. The molecule has 0 aromatic heterocycles. The lowest BCUT2D eigenvalue weighted by atomic mass is 9.89. The van der Waals surface area contributed by atoms with Crippen LogP contribution in [0.15, 0.2) is 47.5 Å². The molecule has 1 spiro atoms. The maximum atomic E-state index is 13.3. The van der Waals surface area contributed by atoms with Gasteiger partial charge in [-0.3, -0.25) is 14.6 Å². The number of nitrogens with zero attached hydrogens (tertiary/aromatic N) is 3. The summed E-state index contributed by atoms with van der Waals surface area (Å²) < 4.78 is 107. The third-order valence-electron chi connectivity index (χ3n) is 8.50. The lowest BCUT2D eigenvalue weighted by Gasteiger charge is -2.34. The molecule has 45 heavy (non-hydrogen) atoms. The summed E-state index contributed by atoms with van der Waals surface area (Å²) in [5.41, 5.74) is -0.764. The SMILES string of the molecule is Cc1cc(C(=O)N2CCC[C@H]2C(F)(F)F)ccc1CCS(=O)(=O)N1CCC2(CC1)N=C(c1cccc(C(F)(F)F)c1)NC2=O.S. The van der Waals surface area contributed by atoms with Gasteiger partial charge in [-0.1, -0.05) is 18.2 Å². The number of alkyl halides is 6. The number of aliphatic imine (C=N–C) groups is 1. The normalized spacial score (nSPS) is 20.6. The van der Waals surface area contributed by atoms with Crippen LogP contribution in [0.2, 0.25) is 0 Å². The summed E-state index contributed by atoms with van der Waals surface area (Å²) in [5.74, 6) is -1.48. The van der Waals surface area contributed by atoms with Crippen molar-refractivity contribution in [3.63, 3.8) is 0 Å². The standard InChI is InChI=1S/C29H30F6N4O4S.H2S/c1-18-16-21(25(40)39-12-3-6-23(39)29(33,34)35)8-7-19(18)9-15-44(42,43)38-13-10-27(11-14-38)26(41)36-24(37-27)20-4-2-5-22(17-20)28(30,31)32;/h2,4-5,7-8,16-17,23H,3,6,9-15H2,1H3,(H,36,37,41);1H2/t23-;/m0./s1. The number of benzene rings is 2. The van der Waals surface area contributed by atoms with Crippen LogP contribution >= 0.6 is 13.5 Å². The number of sulfonamides is 1. The first kappa shape index (κ1) is 34.8. The van der Waals surface area contributed by atoms with Gasteiger partial charge in [0.05, 0.1) is 11.3 Å². The quantitative estimate of drug-likeness (QED) is 0.453. The molecule has 2 fully saturated rings. The molecular weight excluding hydrogens is 646 g/mol. The van der Waals surface area contributed by atoms with E-state index < -0.39 is 51.3 Å². The molecule has 8 nitrogen and oxygen atoms in total. The van der Waals surface area contributed by atoms with E-state index in [9.17, 15) is 44.3 Å². The molecule has 3 aliphatic rings. The summed E-state index contributed by atoms with van der Waals surface area (Å²) in [5, 5.41) is 2.55. The van der Waals surface area contributed by atoms with Crippen LogP contribution in [0.5, 0.6) is 0 Å². The van der Waals surface area contributed by atoms with Crippen molar-refractivity contribution < 1.29 is 44.3 Å². The molecule has 0 bridgehead atoms. The van der Waals surface area contributed by atoms with Crippen LogP contribution in [0.1, 0.15) is 58.3 Å². The van der Waals surface area contributed by atoms with Crippen molar-refractivity contribution in [1.29, 1.82) is 0 Å². The van der Waals surface area contributed by atoms with Gasteiger partial charge in [0, 0.05) is 30.8 Å². The second-order valence-corrected chi connectivity index (χ2v) is 13.4. The number of likely N-dealkylation sites (tertiary alicyclic amines) is 1. The summed E-state index contributed by atoms with van der Waals surface area (Å²) in [4.78, 5) is 30.9. The van der Waals surface area contributed by atoms with Gasteiger partial charge in [0.2, 0.25) is 10.0 Å². The second kappa shape index (κ2) is 12.6. The van der Waals surface area contributed by atoms with E-state index in [1.807, 2.05) is 0 Å². The molecule has 16 heteroatoms. The van der Waals surface area contributed by atoms with Crippen LogP contribution in [-0.4, -0.2) is 78.4 Å². The first-order valence-electron chi connectivity index (χ1n) is 14.0. The van der Waals surface area contributed by atoms with E-state index in [2.05, 4.69) is 10.3 Å². The van der Waals surface area contributed by atoms with Gasteiger partial charge in [0.15, 0.2) is 0 Å². The highest BCUT2D eigenvalue weighted by molar-refractivity contribution is 7.89. The predicted octanol–water partition coefficient (Wildman–Crippen LogP) is 4.58. The minimum Gasteiger partial charge on any atom is -0.327 e. The Morgan fingerprint density at radius 2 is 1.73 bits per heavy atom. The van der Waals surface area contributed by atoms with E-state index in [0.29, 0.717) is 11.1 Å². The zero-order valence-corrected chi connectivity index (χ0v) is 25.9. The first-order valence-corrected chi connectivity index (χ1v) is 15.7. The van der Waals surface area contributed by atoms with E-state index in [1.165, 1.54) is 28.6 Å². The van der Waals surface area contributed by atoms with Gasteiger partial charge in [-0.05, 0) is 74.4 Å². The summed E-state index contributed by atoms with van der Waals surface area (Å²) in [7, 11) is -3.78. The Labute approximate surface area is 263 Å². The number of carbonyl (C=O) groups excluding carboxylic acids is 2. The molecule has 1 N–H and O–H groups in total. The number of aryl methyl sites for hydroxylation is 2. The Morgan fingerprint density at radius 1 is 1.04 bits per heavy atom. The molecule has 2 aromatic rings. The number of hydrogen-bond acceptors (Lipinski definition) is 5. The molecule has 2 aromatic carbocycles. The van der Waals surface area contributed by atoms with E-state index in [0.717, 1.165) is 17.0 Å². The van der Waals surface area contributed by atoms with Crippen molar-refractivity contribution >= 4 is 41.2 Å². The second-order valence-electron chi connectivity index (χ2n) is 11.3. The average Bonchev–Trinajstić information content (AvgIpc) is 3.58. The summed E-state index contributed by atoms with van der Waals surface area (Å²) in [6.07, 6.45) is -8.77. The minimum absolute atomic E-state index is 0. The highest BCUT2D eigenvalue weighted by Gasteiger charge is 2.49. The Bertz CT molecular complexity index is 1600. The molecule has 3 heterocycles. The fourth-order valence-corrected chi connectivity index (χ4v) is 7.44. The van der Waals surface area contributed by atoms with Crippen molar-refractivity contribution in [2.24, 2.45) is 4.99 Å². The minimum atomic E-state index is -4.57. The van der Waals surface area contributed by atoms with Crippen LogP contribution in [-0.2, 0) is 27.4 Å². The smallest absolute Gasteiger partial charge is 0.327 e. The fraction of sp³-hybridized carbons (Fsp3) is 0.483. The Balaban J connectivity index is 0.00000461. The zero-order valence-electron chi connectivity index (χ0n) is 24.1. The molecule has 0 aliphatic carbocycles. The van der Waals surface area contributed by atoms with Gasteiger partial charge in [-0.2, -0.15) is 39.8 Å². The van der Waals surface area contributed by atoms with E-state index >= 15 is 0 Å². The van der Waals surface area contributed by atoms with E-state index in [1.54, 1.807) is 13.0 Å². The Kier molecular flexibility index (Phi) is 9.72. The van der Waals surface area contributed by atoms with Gasteiger partial charge in [0.25, 0.3) is 11.8 Å². The highest BCUT2D eigenvalue weighted by atomic mass is 32.2. The molecule has 5 rings (SSSR count). The molecule has 2 saturated heterocycles. The third-order valence-corrected chi connectivity index (χ3v) is 10.4. The van der Waals surface area contributed by atoms with Crippen LogP contribution in [0.4, 0.5) is 26.3 Å². The molecule has 3 aliphatic heterocycles. The van der Waals surface area contributed by atoms with Crippen molar-refractivity contribution in [3.05, 3.63) is 70.3 Å². The van der Waals surface area contributed by atoms with Crippen molar-refractivity contribution in [1.82, 2.24) is 14.5 Å². The number of halogens is 6. The lowest BCUT2D eigenvalue weighted by Crippen LogP contribution is -2.50. The molecule has 246 valence electrons. The molecule has 2 amide bonds.